The van der Waals surface area contributed by atoms with Crippen LogP contribution in [0.2, 0.25) is 0 Å². The van der Waals surface area contributed by atoms with Crippen molar-refractivity contribution in [1.82, 2.24) is 20.1 Å². The zero-order valence-electron chi connectivity index (χ0n) is 15.1. The number of hydrogen-bond acceptors (Lipinski definition) is 4. The number of carbonyl (C=O) groups is 1. The van der Waals surface area contributed by atoms with Crippen LogP contribution in [0.15, 0.2) is 11.2 Å². The first-order valence-corrected chi connectivity index (χ1v) is 8.78. The molecule has 1 unspecified atom stereocenters. The molecule has 6 nitrogen and oxygen atoms in total. The molecule has 1 aromatic heterocycles. The lowest BCUT2D eigenvalue weighted by Crippen LogP contribution is -2.44. The maximum absolute atomic E-state index is 11.8. The number of aryl methyl sites for hydroxylation is 1. The Balaban J connectivity index is 2.68. The second-order valence-corrected chi connectivity index (χ2v) is 7.24. The number of rotatable bonds is 7. The lowest BCUT2D eigenvalue weighted by molar-refractivity contribution is -0.127. The first-order valence-electron chi connectivity index (χ1n) is 7.97. The molecule has 130 valence electrons. The summed E-state index contributed by atoms with van der Waals surface area (Å²) in [6.07, 6.45) is 3.78. The Bertz CT molecular complexity index is 526. The molecule has 0 saturated heterocycles. The number of nitrogens with zero attached hydrogens (tertiary/aromatic N) is 4. The smallest absolute Gasteiger partial charge is 0.243 e. The molecule has 0 radical (unpaired) electrons. The van der Waals surface area contributed by atoms with Crippen molar-refractivity contribution in [2.24, 2.45) is 4.99 Å². The van der Waals surface area contributed by atoms with Crippen LogP contribution in [0.5, 0.6) is 0 Å². The SMILES string of the molecule is CCC(C)NC(=NCC(=O)N(C)C)N(C)CCc1ncc(C)s1. The Morgan fingerprint density at radius 1 is 1.43 bits per heavy atom. The van der Waals surface area contributed by atoms with Crippen molar-refractivity contribution in [2.75, 3.05) is 34.2 Å². The van der Waals surface area contributed by atoms with Crippen LogP contribution in [0.25, 0.3) is 0 Å². The third-order valence-electron chi connectivity index (χ3n) is 3.54. The van der Waals surface area contributed by atoms with Crippen molar-refractivity contribution in [3.63, 3.8) is 0 Å². The van der Waals surface area contributed by atoms with Crippen LogP contribution < -0.4 is 5.32 Å². The molecule has 1 N–H and O–H groups in total. The van der Waals surface area contributed by atoms with E-state index in [-0.39, 0.29) is 12.5 Å². The highest BCUT2D eigenvalue weighted by molar-refractivity contribution is 7.11. The summed E-state index contributed by atoms with van der Waals surface area (Å²) in [4.78, 5) is 25.5. The summed E-state index contributed by atoms with van der Waals surface area (Å²) in [5.74, 6) is 0.764. The lowest BCUT2D eigenvalue weighted by atomic mass is 10.3. The molecule has 1 amide bonds. The highest BCUT2D eigenvalue weighted by Crippen LogP contribution is 2.11. The monoisotopic (exact) mass is 339 g/mol. The molecule has 23 heavy (non-hydrogen) atoms. The molecule has 0 aliphatic carbocycles. The molecule has 0 aliphatic heterocycles. The number of likely N-dealkylation sites (N-methyl/N-ethyl adjacent to an activating group) is 2. The van der Waals surface area contributed by atoms with Crippen molar-refractivity contribution in [2.45, 2.75) is 39.7 Å². The highest BCUT2D eigenvalue weighted by atomic mass is 32.1. The van der Waals surface area contributed by atoms with Gasteiger partial charge in [-0.25, -0.2) is 9.98 Å². The normalized spacial score (nSPS) is 12.9. The van der Waals surface area contributed by atoms with Gasteiger partial charge in [0.2, 0.25) is 5.91 Å². The Kier molecular flexibility index (Phi) is 8.02. The van der Waals surface area contributed by atoms with Gasteiger partial charge in [0, 0.05) is 51.2 Å². The van der Waals surface area contributed by atoms with Gasteiger partial charge in [0.25, 0.3) is 0 Å². The minimum atomic E-state index is -0.00241. The van der Waals surface area contributed by atoms with Crippen LogP contribution in [0.1, 0.15) is 30.2 Å². The first-order chi connectivity index (χ1) is 10.8. The molecule has 1 aromatic rings. The van der Waals surface area contributed by atoms with Crippen LogP contribution in [0.4, 0.5) is 0 Å². The molecule has 0 saturated carbocycles. The fraction of sp³-hybridized carbons (Fsp3) is 0.688. The van der Waals surface area contributed by atoms with Crippen molar-refractivity contribution in [3.05, 3.63) is 16.1 Å². The number of guanidine groups is 1. The van der Waals surface area contributed by atoms with Crippen molar-refractivity contribution in [1.29, 1.82) is 0 Å². The number of carbonyl (C=O) groups excluding carboxylic acids is 1. The van der Waals surface area contributed by atoms with E-state index < -0.39 is 0 Å². The highest BCUT2D eigenvalue weighted by Gasteiger charge is 2.12. The van der Waals surface area contributed by atoms with Gasteiger partial charge in [-0.2, -0.15) is 0 Å². The number of aromatic nitrogens is 1. The fourth-order valence-electron chi connectivity index (χ4n) is 1.77. The largest absolute Gasteiger partial charge is 0.354 e. The van der Waals surface area contributed by atoms with Gasteiger partial charge in [0.1, 0.15) is 6.54 Å². The predicted molar refractivity (Wildman–Crippen MR) is 97.1 cm³/mol. The summed E-state index contributed by atoms with van der Waals surface area (Å²) in [5.41, 5.74) is 0. The van der Waals surface area contributed by atoms with E-state index in [9.17, 15) is 4.79 Å². The molecule has 1 atom stereocenters. The number of nitrogens with one attached hydrogen (secondary N) is 1. The number of thiazole rings is 1. The zero-order chi connectivity index (χ0) is 17.4. The Hall–Kier alpha value is -1.63. The molecular weight excluding hydrogens is 310 g/mol. The Morgan fingerprint density at radius 2 is 2.13 bits per heavy atom. The summed E-state index contributed by atoms with van der Waals surface area (Å²) in [6, 6.07) is 0.313. The van der Waals surface area contributed by atoms with E-state index in [1.165, 1.54) is 4.88 Å². The van der Waals surface area contributed by atoms with E-state index in [1.807, 2.05) is 13.2 Å². The van der Waals surface area contributed by atoms with Gasteiger partial charge < -0.3 is 15.1 Å². The van der Waals surface area contributed by atoms with Gasteiger partial charge in [-0.15, -0.1) is 11.3 Å². The molecule has 7 heteroatoms. The maximum Gasteiger partial charge on any atom is 0.243 e. The standard InChI is InChI=1S/C16H29N5OS/c1-7-12(2)19-16(18-11-15(22)20(4)5)21(6)9-8-14-17-10-13(3)23-14/h10,12H,7-9,11H2,1-6H3,(H,18,19). The van der Waals surface area contributed by atoms with Crippen molar-refractivity contribution >= 4 is 23.2 Å². The molecule has 0 fully saturated rings. The van der Waals surface area contributed by atoms with Crippen molar-refractivity contribution < 1.29 is 4.79 Å². The van der Waals surface area contributed by atoms with E-state index in [4.69, 9.17) is 0 Å². The molecule has 0 aromatic carbocycles. The van der Waals surface area contributed by atoms with Crippen LogP contribution in [-0.2, 0) is 11.2 Å². The van der Waals surface area contributed by atoms with E-state index in [2.05, 4.69) is 41.0 Å². The van der Waals surface area contributed by atoms with Crippen LogP contribution >= 0.6 is 11.3 Å². The minimum Gasteiger partial charge on any atom is -0.354 e. The summed E-state index contributed by atoms with van der Waals surface area (Å²) in [6.45, 7) is 7.27. The van der Waals surface area contributed by atoms with Crippen LogP contribution in [-0.4, -0.2) is 66.9 Å². The third kappa shape index (κ3) is 6.99. The van der Waals surface area contributed by atoms with E-state index in [0.717, 1.165) is 30.4 Å². The Labute approximate surface area is 143 Å². The van der Waals surface area contributed by atoms with Crippen molar-refractivity contribution in [3.8, 4) is 0 Å². The molecule has 1 rings (SSSR count). The topological polar surface area (TPSA) is 60.8 Å². The molecule has 0 bridgehead atoms. The Morgan fingerprint density at radius 3 is 2.65 bits per heavy atom. The zero-order valence-corrected chi connectivity index (χ0v) is 15.9. The van der Waals surface area contributed by atoms with E-state index in [0.29, 0.717) is 6.04 Å². The molecular formula is C16H29N5OS. The van der Waals surface area contributed by atoms with Gasteiger partial charge >= 0.3 is 0 Å². The summed E-state index contributed by atoms with van der Waals surface area (Å²) < 4.78 is 0. The van der Waals surface area contributed by atoms with E-state index in [1.54, 1.807) is 30.3 Å². The van der Waals surface area contributed by atoms with Gasteiger partial charge in [0.05, 0.1) is 5.01 Å². The van der Waals surface area contributed by atoms with Crippen LogP contribution in [0, 0.1) is 6.92 Å². The third-order valence-corrected chi connectivity index (χ3v) is 4.52. The van der Waals surface area contributed by atoms with Crippen LogP contribution in [0.3, 0.4) is 0 Å². The second kappa shape index (κ2) is 9.50. The van der Waals surface area contributed by atoms with Gasteiger partial charge in [-0.3, -0.25) is 4.79 Å². The average Bonchev–Trinajstić information content (AvgIpc) is 2.93. The average molecular weight is 340 g/mol. The predicted octanol–water partition coefficient (Wildman–Crippen LogP) is 1.76. The second-order valence-electron chi connectivity index (χ2n) is 5.92. The van der Waals surface area contributed by atoms with Gasteiger partial charge in [-0.1, -0.05) is 6.92 Å². The number of hydrogen-bond donors (Lipinski definition) is 1. The minimum absolute atomic E-state index is 0.00241. The summed E-state index contributed by atoms with van der Waals surface area (Å²) in [5, 5.41) is 4.52. The summed E-state index contributed by atoms with van der Waals surface area (Å²) in [7, 11) is 5.48. The first kappa shape index (κ1) is 19.4. The summed E-state index contributed by atoms with van der Waals surface area (Å²) >= 11 is 1.72. The maximum atomic E-state index is 11.8. The number of aliphatic imine (C=N–C) groups is 1. The molecule has 0 spiro atoms. The van der Waals surface area contributed by atoms with Gasteiger partial charge in [0.15, 0.2) is 5.96 Å². The lowest BCUT2D eigenvalue weighted by Gasteiger charge is -2.25. The van der Waals surface area contributed by atoms with Gasteiger partial charge in [-0.05, 0) is 20.3 Å². The number of amides is 1. The fourth-order valence-corrected chi connectivity index (χ4v) is 2.55. The quantitative estimate of drug-likeness (QED) is 0.607. The molecule has 1 heterocycles. The molecule has 0 aliphatic rings. The van der Waals surface area contributed by atoms with E-state index >= 15 is 0 Å².